The smallest absolute Gasteiger partial charge is 0.107 e. The lowest BCUT2D eigenvalue weighted by molar-refractivity contribution is -0.310. The van der Waals surface area contributed by atoms with E-state index >= 15 is 0 Å². The van der Waals surface area contributed by atoms with Gasteiger partial charge in [-0.25, -0.2) is 0 Å². The highest BCUT2D eigenvalue weighted by Gasteiger charge is 2.57. The second-order valence-corrected chi connectivity index (χ2v) is 9.25. The van der Waals surface area contributed by atoms with Crippen molar-refractivity contribution in [3.63, 3.8) is 0 Å². The van der Waals surface area contributed by atoms with Gasteiger partial charge < -0.3 is 14.3 Å². The number of aliphatic carboxylic acids is 1. The molecule has 0 amide bonds. The zero-order chi connectivity index (χ0) is 17.1. The molecule has 0 unspecified atom stereocenters. The van der Waals surface area contributed by atoms with Crippen molar-refractivity contribution in [1.29, 1.82) is 0 Å². The summed E-state index contributed by atoms with van der Waals surface area (Å²) in [6.07, 6.45) is 8.87. The second kappa shape index (κ2) is 5.37. The fourth-order valence-electron chi connectivity index (χ4n) is 7.07. The van der Waals surface area contributed by atoms with E-state index in [2.05, 4.69) is 26.8 Å². The quantitative estimate of drug-likeness (QED) is 0.826. The average molecular weight is 329 g/mol. The molecule has 132 valence electrons. The van der Waals surface area contributed by atoms with Crippen molar-refractivity contribution in [3.05, 3.63) is 23.7 Å². The van der Waals surface area contributed by atoms with Gasteiger partial charge in [0.2, 0.25) is 0 Å². The van der Waals surface area contributed by atoms with Gasteiger partial charge in [-0.05, 0) is 78.2 Å². The van der Waals surface area contributed by atoms with Crippen LogP contribution in [0.2, 0.25) is 0 Å². The summed E-state index contributed by atoms with van der Waals surface area (Å²) >= 11 is 0. The van der Waals surface area contributed by atoms with Gasteiger partial charge in [0, 0.05) is 12.4 Å². The Bertz CT molecular complexity index is 647. The number of hydrogen-bond donors (Lipinski definition) is 0. The van der Waals surface area contributed by atoms with E-state index < -0.39 is 5.97 Å². The largest absolute Gasteiger partial charge is 0.550 e. The Labute approximate surface area is 144 Å². The van der Waals surface area contributed by atoms with Crippen LogP contribution in [0.1, 0.15) is 76.5 Å². The van der Waals surface area contributed by atoms with E-state index in [4.69, 9.17) is 4.42 Å². The van der Waals surface area contributed by atoms with Crippen molar-refractivity contribution in [3.8, 4) is 0 Å². The third-order valence-corrected chi connectivity index (χ3v) is 8.12. The molecule has 6 atom stereocenters. The highest BCUT2D eigenvalue weighted by Crippen LogP contribution is 2.65. The summed E-state index contributed by atoms with van der Waals surface area (Å²) in [4.78, 5) is 11.4. The van der Waals surface area contributed by atoms with Crippen LogP contribution >= 0.6 is 0 Å². The van der Waals surface area contributed by atoms with Crippen LogP contribution in [0.3, 0.4) is 0 Å². The van der Waals surface area contributed by atoms with Gasteiger partial charge in [0.1, 0.15) is 5.76 Å². The number of rotatable bonds is 2. The molecule has 3 heteroatoms. The van der Waals surface area contributed by atoms with E-state index in [-0.39, 0.29) is 17.3 Å². The highest BCUT2D eigenvalue weighted by molar-refractivity contribution is 5.65. The molecule has 0 aromatic carbocycles. The molecule has 1 heterocycles. The number of fused-ring (bicyclic) bond motifs is 4. The first-order valence-electron chi connectivity index (χ1n) is 9.61. The molecule has 0 N–H and O–H groups in total. The molecular formula is C21H29O3-. The Morgan fingerprint density at radius 3 is 2.88 bits per heavy atom. The molecule has 0 saturated heterocycles. The predicted molar refractivity (Wildman–Crippen MR) is 90.2 cm³/mol. The van der Waals surface area contributed by atoms with E-state index in [0.29, 0.717) is 23.7 Å². The molecule has 3 aliphatic carbocycles. The number of hydrogen-bond acceptors (Lipinski definition) is 3. The minimum absolute atomic E-state index is 0.108. The maximum atomic E-state index is 11.4. The number of carbonyl (C=O) groups excluding carboxylic acids is 1. The Balaban J connectivity index is 1.71. The van der Waals surface area contributed by atoms with Crippen LogP contribution in [-0.4, -0.2) is 5.97 Å². The SMILES string of the molecule is C[C@H]1c2ccoc2C[C@H]2[C@H]1CC[C@H]1[C@@](C)(CC(=O)[O-])CCC[C@]21C. The molecule has 3 nitrogen and oxygen atoms in total. The van der Waals surface area contributed by atoms with Crippen LogP contribution < -0.4 is 5.11 Å². The standard InChI is InChI=1S/C21H30O3/c1-13-14-5-6-18-20(2,12-19(22)23)8-4-9-21(18,3)16(14)11-17-15(13)7-10-24-17/h7,10,13-14,16,18H,4-6,8-9,11-12H2,1-3H3,(H,22,23)/p-1/t13-,14+,16+,18+,20-,21-/m1/s1. The van der Waals surface area contributed by atoms with Crippen LogP contribution in [-0.2, 0) is 11.2 Å². The third kappa shape index (κ3) is 2.19. The molecular weight excluding hydrogens is 300 g/mol. The van der Waals surface area contributed by atoms with Gasteiger partial charge in [-0.3, -0.25) is 0 Å². The van der Waals surface area contributed by atoms with Gasteiger partial charge in [0.25, 0.3) is 0 Å². The van der Waals surface area contributed by atoms with Gasteiger partial charge in [-0.1, -0.05) is 27.2 Å². The van der Waals surface area contributed by atoms with Crippen molar-refractivity contribution in [2.45, 2.75) is 71.6 Å². The summed E-state index contributed by atoms with van der Waals surface area (Å²) in [5, 5.41) is 11.4. The second-order valence-electron chi connectivity index (χ2n) is 9.25. The summed E-state index contributed by atoms with van der Waals surface area (Å²) in [5.41, 5.74) is 1.53. The molecule has 3 aliphatic rings. The molecule has 1 aromatic heterocycles. The summed E-state index contributed by atoms with van der Waals surface area (Å²) in [5.74, 6) is 2.67. The highest BCUT2D eigenvalue weighted by atomic mass is 16.4. The third-order valence-electron chi connectivity index (χ3n) is 8.12. The fraction of sp³-hybridized carbons (Fsp3) is 0.762. The van der Waals surface area contributed by atoms with Crippen molar-refractivity contribution in [2.75, 3.05) is 0 Å². The van der Waals surface area contributed by atoms with Crippen molar-refractivity contribution in [2.24, 2.45) is 28.6 Å². The van der Waals surface area contributed by atoms with E-state index in [1.54, 1.807) is 0 Å². The first kappa shape index (κ1) is 16.2. The Morgan fingerprint density at radius 2 is 2.12 bits per heavy atom. The summed E-state index contributed by atoms with van der Waals surface area (Å²) in [7, 11) is 0. The van der Waals surface area contributed by atoms with Crippen molar-refractivity contribution in [1.82, 2.24) is 0 Å². The Morgan fingerprint density at radius 1 is 1.33 bits per heavy atom. The van der Waals surface area contributed by atoms with Gasteiger partial charge in [-0.15, -0.1) is 0 Å². The Hall–Kier alpha value is -1.25. The van der Waals surface area contributed by atoms with E-state index in [1.807, 2.05) is 6.26 Å². The number of carbonyl (C=O) groups is 1. The molecule has 0 bridgehead atoms. The predicted octanol–water partition coefficient (Wildman–Crippen LogP) is 3.92. The van der Waals surface area contributed by atoms with Crippen molar-refractivity contribution < 1.29 is 14.3 Å². The van der Waals surface area contributed by atoms with Crippen LogP contribution in [0.15, 0.2) is 16.7 Å². The van der Waals surface area contributed by atoms with E-state index in [1.165, 1.54) is 30.6 Å². The molecule has 0 aliphatic heterocycles. The Kier molecular flexibility index (Phi) is 3.63. The van der Waals surface area contributed by atoms with Crippen molar-refractivity contribution >= 4 is 5.97 Å². The average Bonchev–Trinajstić information content (AvgIpc) is 2.96. The monoisotopic (exact) mass is 329 g/mol. The van der Waals surface area contributed by atoms with E-state index in [0.717, 1.165) is 19.3 Å². The summed E-state index contributed by atoms with van der Waals surface area (Å²) < 4.78 is 5.81. The molecule has 1 aromatic rings. The lowest BCUT2D eigenvalue weighted by atomic mass is 9.43. The van der Waals surface area contributed by atoms with E-state index in [9.17, 15) is 9.90 Å². The van der Waals surface area contributed by atoms with Crippen LogP contribution in [0.25, 0.3) is 0 Å². The van der Waals surface area contributed by atoms with Crippen LogP contribution in [0.5, 0.6) is 0 Å². The van der Waals surface area contributed by atoms with Gasteiger partial charge in [0.15, 0.2) is 0 Å². The first-order chi connectivity index (χ1) is 11.3. The molecule has 24 heavy (non-hydrogen) atoms. The normalized spacial score (nSPS) is 44.3. The number of carboxylic acids is 1. The van der Waals surface area contributed by atoms with Crippen LogP contribution in [0, 0.1) is 28.6 Å². The maximum Gasteiger partial charge on any atom is 0.107 e. The zero-order valence-electron chi connectivity index (χ0n) is 15.1. The fourth-order valence-corrected chi connectivity index (χ4v) is 7.07. The zero-order valence-corrected chi connectivity index (χ0v) is 15.1. The number of carboxylic acid groups (broad SMARTS) is 1. The molecule has 2 fully saturated rings. The lowest BCUT2D eigenvalue weighted by Gasteiger charge is -2.62. The van der Waals surface area contributed by atoms with Gasteiger partial charge >= 0.3 is 0 Å². The topological polar surface area (TPSA) is 53.3 Å². The summed E-state index contributed by atoms with van der Waals surface area (Å²) in [6, 6.07) is 2.16. The van der Waals surface area contributed by atoms with Gasteiger partial charge in [0.05, 0.1) is 6.26 Å². The maximum absolute atomic E-state index is 11.4. The molecule has 4 rings (SSSR count). The number of furan rings is 1. The minimum atomic E-state index is -0.880. The molecule has 2 saturated carbocycles. The minimum Gasteiger partial charge on any atom is -0.550 e. The summed E-state index contributed by atoms with van der Waals surface area (Å²) in [6.45, 7) is 7.01. The van der Waals surface area contributed by atoms with Crippen LogP contribution in [0.4, 0.5) is 0 Å². The lowest BCUT2D eigenvalue weighted by Crippen LogP contribution is -2.55. The molecule has 0 spiro atoms. The molecule has 0 radical (unpaired) electrons. The first-order valence-corrected chi connectivity index (χ1v) is 9.61. The van der Waals surface area contributed by atoms with Gasteiger partial charge in [-0.2, -0.15) is 0 Å².